The van der Waals surface area contributed by atoms with Gasteiger partial charge in [-0.15, -0.1) is 0 Å². The number of aliphatic carboxylic acids is 1. The van der Waals surface area contributed by atoms with E-state index >= 15 is 0 Å². The van der Waals surface area contributed by atoms with Crippen molar-refractivity contribution >= 4 is 40.7 Å². The largest absolute Gasteiger partial charge is 0.481 e. The predicted octanol–water partition coefficient (Wildman–Crippen LogP) is 2.59. The van der Waals surface area contributed by atoms with Crippen molar-refractivity contribution in [3.8, 4) is 5.75 Å². The number of nitrogens with one attached hydrogen (secondary N) is 1. The number of hydrogen-bond acceptors (Lipinski definition) is 4. The zero-order valence-electron chi connectivity index (χ0n) is 12.9. The fourth-order valence-corrected chi connectivity index (χ4v) is 2.56. The van der Waals surface area contributed by atoms with Crippen molar-refractivity contribution in [3.63, 3.8) is 0 Å². The molecule has 25 heavy (non-hydrogen) atoms. The average molecular weight is 456 g/mol. The van der Waals surface area contributed by atoms with Gasteiger partial charge in [0.25, 0.3) is 0 Å². The van der Waals surface area contributed by atoms with Gasteiger partial charge in [-0.05, 0) is 64.0 Å². The molecule has 2 aromatic rings. The molecule has 8 heteroatoms. The van der Waals surface area contributed by atoms with Crippen LogP contribution in [0, 0.1) is 9.39 Å². The lowest BCUT2D eigenvalue weighted by atomic mass is 10.1. The standard InChI is InChI=1S/C17H14FIN2O4/c18-13-4-1-11(2-5-13)8-16(22)21-20-9-12-3-6-15(14(19)7-12)25-10-17(23)24/h1-7,9H,8,10H2,(H,21,22)(H,23,24)/b20-9+. The topological polar surface area (TPSA) is 88.0 Å². The Morgan fingerprint density at radius 2 is 1.96 bits per heavy atom. The molecule has 0 fully saturated rings. The van der Waals surface area contributed by atoms with Crippen molar-refractivity contribution in [1.29, 1.82) is 0 Å². The monoisotopic (exact) mass is 456 g/mol. The summed E-state index contributed by atoms with van der Waals surface area (Å²) in [5.41, 5.74) is 3.79. The predicted molar refractivity (Wildman–Crippen MR) is 98.1 cm³/mol. The van der Waals surface area contributed by atoms with Crippen LogP contribution in [0.2, 0.25) is 0 Å². The Kier molecular flexibility index (Phi) is 6.87. The summed E-state index contributed by atoms with van der Waals surface area (Å²) in [5, 5.41) is 12.5. The van der Waals surface area contributed by atoms with Gasteiger partial charge in [0.2, 0.25) is 5.91 Å². The first-order chi connectivity index (χ1) is 11.9. The van der Waals surface area contributed by atoms with Crippen molar-refractivity contribution in [2.75, 3.05) is 6.61 Å². The van der Waals surface area contributed by atoms with Crippen molar-refractivity contribution < 1.29 is 23.8 Å². The van der Waals surface area contributed by atoms with Crippen LogP contribution in [0.3, 0.4) is 0 Å². The maximum Gasteiger partial charge on any atom is 0.341 e. The molecule has 0 heterocycles. The number of hydrazone groups is 1. The van der Waals surface area contributed by atoms with E-state index in [9.17, 15) is 14.0 Å². The highest BCUT2D eigenvalue weighted by molar-refractivity contribution is 14.1. The second-order valence-corrected chi connectivity index (χ2v) is 6.13. The maximum atomic E-state index is 12.8. The van der Waals surface area contributed by atoms with Crippen LogP contribution in [-0.2, 0) is 16.0 Å². The molecule has 130 valence electrons. The van der Waals surface area contributed by atoms with Crippen LogP contribution in [-0.4, -0.2) is 29.8 Å². The third-order valence-corrected chi connectivity index (χ3v) is 3.83. The first-order valence-corrected chi connectivity index (χ1v) is 8.22. The Morgan fingerprint density at radius 3 is 2.60 bits per heavy atom. The third-order valence-electron chi connectivity index (χ3n) is 2.99. The van der Waals surface area contributed by atoms with Gasteiger partial charge in [-0.3, -0.25) is 4.79 Å². The molecule has 0 aliphatic rings. The molecule has 0 saturated carbocycles. The number of carbonyl (C=O) groups excluding carboxylic acids is 1. The highest BCUT2D eigenvalue weighted by Gasteiger charge is 2.05. The van der Waals surface area contributed by atoms with Gasteiger partial charge in [-0.1, -0.05) is 12.1 Å². The summed E-state index contributed by atoms with van der Waals surface area (Å²) in [6.45, 7) is -0.414. The normalized spacial score (nSPS) is 10.6. The minimum Gasteiger partial charge on any atom is -0.481 e. The van der Waals surface area contributed by atoms with Crippen LogP contribution in [0.1, 0.15) is 11.1 Å². The lowest BCUT2D eigenvalue weighted by molar-refractivity contribution is -0.139. The minimum absolute atomic E-state index is 0.0944. The summed E-state index contributed by atoms with van der Waals surface area (Å²) >= 11 is 2.02. The molecule has 0 aromatic heterocycles. The Balaban J connectivity index is 1.88. The van der Waals surface area contributed by atoms with Crippen LogP contribution >= 0.6 is 22.6 Å². The van der Waals surface area contributed by atoms with Gasteiger partial charge in [0.05, 0.1) is 16.2 Å². The smallest absolute Gasteiger partial charge is 0.341 e. The molecule has 0 aliphatic heterocycles. The van der Waals surface area contributed by atoms with E-state index in [4.69, 9.17) is 9.84 Å². The first kappa shape index (κ1) is 18.8. The summed E-state index contributed by atoms with van der Waals surface area (Å²) in [7, 11) is 0. The zero-order valence-corrected chi connectivity index (χ0v) is 15.1. The molecule has 0 saturated heterocycles. The average Bonchev–Trinajstić information content (AvgIpc) is 2.56. The Hall–Kier alpha value is -2.49. The Labute approximate surface area is 156 Å². The molecule has 1 amide bonds. The molecular weight excluding hydrogens is 442 g/mol. The van der Waals surface area contributed by atoms with Crippen molar-refractivity contribution in [2.45, 2.75) is 6.42 Å². The quantitative estimate of drug-likeness (QED) is 0.381. The van der Waals surface area contributed by atoms with Crippen LogP contribution in [0.25, 0.3) is 0 Å². The number of halogens is 2. The number of hydrogen-bond donors (Lipinski definition) is 2. The molecule has 0 unspecified atom stereocenters. The van der Waals surface area contributed by atoms with Crippen LogP contribution in [0.15, 0.2) is 47.6 Å². The maximum absolute atomic E-state index is 12.8. The minimum atomic E-state index is -1.05. The number of nitrogens with zero attached hydrogens (tertiary/aromatic N) is 1. The third kappa shape index (κ3) is 6.49. The van der Waals surface area contributed by atoms with Crippen LogP contribution in [0.4, 0.5) is 4.39 Å². The van der Waals surface area contributed by atoms with Crippen molar-refractivity contribution in [1.82, 2.24) is 5.43 Å². The molecule has 0 bridgehead atoms. The highest BCUT2D eigenvalue weighted by Crippen LogP contribution is 2.21. The molecule has 0 radical (unpaired) electrons. The van der Waals surface area contributed by atoms with E-state index in [1.165, 1.54) is 30.5 Å². The van der Waals surface area contributed by atoms with E-state index in [0.717, 1.165) is 3.57 Å². The number of amides is 1. The highest BCUT2D eigenvalue weighted by atomic mass is 127. The fraction of sp³-hybridized carbons (Fsp3) is 0.118. The molecule has 2 rings (SSSR count). The summed E-state index contributed by atoms with van der Waals surface area (Å²) in [6, 6.07) is 10.7. The molecule has 0 aliphatic carbocycles. The summed E-state index contributed by atoms with van der Waals surface area (Å²) in [4.78, 5) is 22.3. The number of carboxylic acids is 1. The van der Waals surface area contributed by atoms with Crippen LogP contribution < -0.4 is 10.2 Å². The Morgan fingerprint density at radius 1 is 1.24 bits per heavy atom. The van der Waals surface area contributed by atoms with Gasteiger partial charge in [0, 0.05) is 0 Å². The number of carbonyl (C=O) groups is 2. The van der Waals surface area contributed by atoms with E-state index in [1.807, 2.05) is 22.6 Å². The van der Waals surface area contributed by atoms with E-state index < -0.39 is 12.6 Å². The lowest BCUT2D eigenvalue weighted by Gasteiger charge is -2.06. The first-order valence-electron chi connectivity index (χ1n) is 7.14. The summed E-state index contributed by atoms with van der Waals surface area (Å²) in [6.07, 6.45) is 1.56. The fourth-order valence-electron chi connectivity index (χ4n) is 1.86. The van der Waals surface area contributed by atoms with Crippen molar-refractivity contribution in [3.05, 3.63) is 63.0 Å². The van der Waals surface area contributed by atoms with E-state index in [2.05, 4.69) is 10.5 Å². The Bertz CT molecular complexity index is 794. The molecule has 2 aromatic carbocycles. The lowest BCUT2D eigenvalue weighted by Crippen LogP contribution is -2.19. The van der Waals surface area contributed by atoms with Crippen LogP contribution in [0.5, 0.6) is 5.75 Å². The van der Waals surface area contributed by atoms with Gasteiger partial charge < -0.3 is 9.84 Å². The number of carboxylic acid groups (broad SMARTS) is 1. The molecule has 6 nitrogen and oxygen atoms in total. The van der Waals surface area contributed by atoms with E-state index in [1.54, 1.807) is 18.2 Å². The summed E-state index contributed by atoms with van der Waals surface area (Å²) in [5.74, 6) is -1.27. The second kappa shape index (κ2) is 9.11. The van der Waals surface area contributed by atoms with Crippen molar-refractivity contribution in [2.24, 2.45) is 5.10 Å². The van der Waals surface area contributed by atoms with Gasteiger partial charge in [0.15, 0.2) is 6.61 Å². The van der Waals surface area contributed by atoms with Gasteiger partial charge in [-0.2, -0.15) is 5.10 Å². The van der Waals surface area contributed by atoms with E-state index in [0.29, 0.717) is 16.9 Å². The number of benzene rings is 2. The van der Waals surface area contributed by atoms with Gasteiger partial charge in [-0.25, -0.2) is 14.6 Å². The van der Waals surface area contributed by atoms with Gasteiger partial charge in [0.1, 0.15) is 11.6 Å². The second-order valence-electron chi connectivity index (χ2n) is 4.97. The SMILES string of the molecule is O=C(O)COc1ccc(/C=N/NC(=O)Cc2ccc(F)cc2)cc1I. The molecule has 0 spiro atoms. The number of ether oxygens (including phenoxy) is 1. The van der Waals surface area contributed by atoms with Gasteiger partial charge >= 0.3 is 5.97 Å². The number of rotatable bonds is 7. The van der Waals surface area contributed by atoms with E-state index in [-0.39, 0.29) is 18.1 Å². The molecule has 2 N–H and O–H groups in total. The molecule has 0 atom stereocenters. The summed E-state index contributed by atoms with van der Waals surface area (Å²) < 4.78 is 18.6. The zero-order chi connectivity index (χ0) is 18.2. The molecular formula is C17H14FIN2O4.